The van der Waals surface area contributed by atoms with Crippen LogP contribution in [0.5, 0.6) is 11.5 Å². The van der Waals surface area contributed by atoms with E-state index in [9.17, 15) is 0 Å². The molecule has 6 heteroatoms. The molecule has 2 aromatic heterocycles. The van der Waals surface area contributed by atoms with E-state index in [0.717, 1.165) is 39.9 Å². The first-order chi connectivity index (χ1) is 11.2. The van der Waals surface area contributed by atoms with Crippen molar-refractivity contribution >= 4 is 16.9 Å². The van der Waals surface area contributed by atoms with E-state index in [4.69, 9.17) is 9.47 Å². The molecule has 0 aliphatic rings. The van der Waals surface area contributed by atoms with Crippen molar-refractivity contribution in [1.29, 1.82) is 0 Å². The predicted molar refractivity (Wildman–Crippen MR) is 90.3 cm³/mol. The maximum atomic E-state index is 5.71. The molecule has 0 fully saturated rings. The zero-order chi connectivity index (χ0) is 16.2. The molecule has 3 aromatic rings. The molecule has 0 saturated heterocycles. The van der Waals surface area contributed by atoms with Crippen molar-refractivity contribution in [2.24, 2.45) is 0 Å². The normalized spacial score (nSPS) is 10.7. The van der Waals surface area contributed by atoms with Gasteiger partial charge in [0.15, 0.2) is 0 Å². The largest absolute Gasteiger partial charge is 0.497 e. The fourth-order valence-corrected chi connectivity index (χ4v) is 2.40. The Hall–Kier alpha value is -2.76. The second-order valence-electron chi connectivity index (χ2n) is 5.28. The molecule has 0 spiro atoms. The van der Waals surface area contributed by atoms with E-state index in [0.29, 0.717) is 13.2 Å². The number of fused-ring (bicyclic) bond motifs is 1. The highest BCUT2D eigenvalue weighted by molar-refractivity contribution is 5.87. The Bertz CT molecular complexity index is 796. The molecule has 0 radical (unpaired) electrons. The van der Waals surface area contributed by atoms with E-state index in [-0.39, 0.29) is 0 Å². The van der Waals surface area contributed by atoms with Gasteiger partial charge in [0.1, 0.15) is 35.4 Å². The molecule has 0 aliphatic carbocycles. The van der Waals surface area contributed by atoms with E-state index < -0.39 is 0 Å². The van der Waals surface area contributed by atoms with Gasteiger partial charge in [0.05, 0.1) is 19.0 Å². The summed E-state index contributed by atoms with van der Waals surface area (Å²) < 4.78 is 10.8. The number of benzene rings is 1. The molecule has 3 rings (SSSR count). The van der Waals surface area contributed by atoms with Crippen LogP contribution in [0.3, 0.4) is 0 Å². The number of methoxy groups -OCH3 is 1. The molecular weight excluding hydrogens is 292 g/mol. The molecule has 23 heavy (non-hydrogen) atoms. The zero-order valence-electron chi connectivity index (χ0n) is 13.5. The molecule has 0 saturated carbocycles. The smallest absolute Gasteiger partial charge is 0.143 e. The van der Waals surface area contributed by atoms with Crippen LogP contribution in [0.2, 0.25) is 0 Å². The molecule has 0 unspecified atom stereocenters. The van der Waals surface area contributed by atoms with Crippen molar-refractivity contribution < 1.29 is 9.47 Å². The van der Waals surface area contributed by atoms with Crippen molar-refractivity contribution in [3.63, 3.8) is 0 Å². The summed E-state index contributed by atoms with van der Waals surface area (Å²) in [6.07, 6.45) is 0. The van der Waals surface area contributed by atoms with Crippen LogP contribution in [0, 0.1) is 13.8 Å². The van der Waals surface area contributed by atoms with Crippen LogP contribution < -0.4 is 14.8 Å². The molecule has 0 atom stereocenters. The second-order valence-corrected chi connectivity index (χ2v) is 5.28. The maximum absolute atomic E-state index is 5.71. The Morgan fingerprint density at radius 3 is 2.57 bits per heavy atom. The molecule has 0 bridgehead atoms. The highest BCUT2D eigenvalue weighted by atomic mass is 16.5. The van der Waals surface area contributed by atoms with Crippen molar-refractivity contribution in [2.75, 3.05) is 25.6 Å². The zero-order valence-corrected chi connectivity index (χ0v) is 13.5. The Morgan fingerprint density at radius 1 is 1.09 bits per heavy atom. The van der Waals surface area contributed by atoms with Gasteiger partial charge in [-0.3, -0.25) is 0 Å². The van der Waals surface area contributed by atoms with Crippen molar-refractivity contribution in [2.45, 2.75) is 13.8 Å². The summed E-state index contributed by atoms with van der Waals surface area (Å²) in [5.41, 5.74) is 1.92. The molecule has 2 heterocycles. The van der Waals surface area contributed by atoms with Gasteiger partial charge in [-0.1, -0.05) is 0 Å². The number of aromatic nitrogens is 3. The van der Waals surface area contributed by atoms with E-state index >= 15 is 0 Å². The lowest BCUT2D eigenvalue weighted by Crippen LogP contribution is -2.13. The Kier molecular flexibility index (Phi) is 4.32. The minimum atomic E-state index is 0.542. The van der Waals surface area contributed by atoms with Crippen molar-refractivity contribution in [3.05, 3.63) is 41.9 Å². The standard InChI is InChI=1S/C17H20N4O2/c1-11-10-15-16(20-12(2)21-17(15)19-11)18-8-9-23-14-6-4-13(22-3)5-7-14/h4-7,10H,8-9H2,1-3H3,(H2,18,19,20,21). The van der Waals surface area contributed by atoms with Gasteiger partial charge in [0.2, 0.25) is 0 Å². The fraction of sp³-hybridized carbons (Fsp3) is 0.294. The van der Waals surface area contributed by atoms with Gasteiger partial charge in [-0.25, -0.2) is 9.97 Å². The number of hydrogen-bond donors (Lipinski definition) is 2. The van der Waals surface area contributed by atoms with Crippen LogP contribution in [0.25, 0.3) is 11.0 Å². The maximum Gasteiger partial charge on any atom is 0.143 e. The molecule has 1 aromatic carbocycles. The lowest BCUT2D eigenvalue weighted by Gasteiger charge is -2.09. The lowest BCUT2D eigenvalue weighted by molar-refractivity contribution is 0.331. The first-order valence-electron chi connectivity index (χ1n) is 7.50. The van der Waals surface area contributed by atoms with Gasteiger partial charge in [-0.05, 0) is 44.2 Å². The van der Waals surface area contributed by atoms with Gasteiger partial charge >= 0.3 is 0 Å². The van der Waals surface area contributed by atoms with Crippen LogP contribution in [-0.4, -0.2) is 35.2 Å². The molecule has 0 aliphatic heterocycles. The fourth-order valence-electron chi connectivity index (χ4n) is 2.40. The number of H-pyrrole nitrogens is 1. The van der Waals surface area contributed by atoms with Crippen LogP contribution in [0.15, 0.2) is 30.3 Å². The molecule has 6 nitrogen and oxygen atoms in total. The Morgan fingerprint density at radius 2 is 1.83 bits per heavy atom. The summed E-state index contributed by atoms with van der Waals surface area (Å²) in [5.74, 6) is 3.19. The molecule has 0 amide bonds. The topological polar surface area (TPSA) is 72.1 Å². The molecule has 120 valence electrons. The minimum Gasteiger partial charge on any atom is -0.497 e. The average Bonchev–Trinajstić information content (AvgIpc) is 2.92. The third kappa shape index (κ3) is 3.53. The van der Waals surface area contributed by atoms with Gasteiger partial charge in [0, 0.05) is 5.69 Å². The van der Waals surface area contributed by atoms with E-state index in [1.807, 2.05) is 44.2 Å². The summed E-state index contributed by atoms with van der Waals surface area (Å²) in [4.78, 5) is 12.1. The number of nitrogens with one attached hydrogen (secondary N) is 2. The first kappa shape index (κ1) is 15.1. The third-order valence-corrected chi connectivity index (χ3v) is 3.46. The number of ether oxygens (including phenoxy) is 2. The summed E-state index contributed by atoms with van der Waals surface area (Å²) >= 11 is 0. The summed E-state index contributed by atoms with van der Waals surface area (Å²) in [7, 11) is 1.65. The third-order valence-electron chi connectivity index (χ3n) is 3.46. The summed E-state index contributed by atoms with van der Waals surface area (Å²) in [6, 6.07) is 9.58. The van der Waals surface area contributed by atoms with Gasteiger partial charge < -0.3 is 19.8 Å². The number of rotatable bonds is 6. The molecule has 2 N–H and O–H groups in total. The van der Waals surface area contributed by atoms with Crippen molar-refractivity contribution in [1.82, 2.24) is 15.0 Å². The second kappa shape index (κ2) is 6.56. The van der Waals surface area contributed by atoms with E-state index in [2.05, 4.69) is 20.3 Å². The molecular formula is C17H20N4O2. The van der Waals surface area contributed by atoms with Crippen LogP contribution in [0.1, 0.15) is 11.5 Å². The van der Waals surface area contributed by atoms with Crippen molar-refractivity contribution in [3.8, 4) is 11.5 Å². The monoisotopic (exact) mass is 312 g/mol. The first-order valence-corrected chi connectivity index (χ1v) is 7.50. The highest BCUT2D eigenvalue weighted by Crippen LogP contribution is 2.21. The number of anilines is 1. The van der Waals surface area contributed by atoms with Crippen LogP contribution in [-0.2, 0) is 0 Å². The Balaban J connectivity index is 1.60. The number of aromatic amines is 1. The number of nitrogens with zero attached hydrogens (tertiary/aromatic N) is 2. The van der Waals surface area contributed by atoms with Gasteiger partial charge in [-0.2, -0.15) is 0 Å². The van der Waals surface area contributed by atoms with E-state index in [1.54, 1.807) is 7.11 Å². The predicted octanol–water partition coefficient (Wildman–Crippen LogP) is 3.07. The summed E-state index contributed by atoms with van der Waals surface area (Å²) in [5, 5.41) is 4.31. The minimum absolute atomic E-state index is 0.542. The lowest BCUT2D eigenvalue weighted by atomic mass is 10.3. The quantitative estimate of drug-likeness (QED) is 0.684. The summed E-state index contributed by atoms with van der Waals surface area (Å²) in [6.45, 7) is 5.09. The average molecular weight is 312 g/mol. The SMILES string of the molecule is COc1ccc(OCCNc2nc(C)nc3[nH]c(C)cc23)cc1. The number of aryl methyl sites for hydroxylation is 2. The number of hydrogen-bond acceptors (Lipinski definition) is 5. The van der Waals surface area contributed by atoms with E-state index in [1.165, 1.54) is 0 Å². The van der Waals surface area contributed by atoms with Gasteiger partial charge in [-0.15, -0.1) is 0 Å². The van der Waals surface area contributed by atoms with Crippen LogP contribution >= 0.6 is 0 Å². The van der Waals surface area contributed by atoms with Gasteiger partial charge in [0.25, 0.3) is 0 Å². The Labute approximate surface area is 134 Å². The highest BCUT2D eigenvalue weighted by Gasteiger charge is 2.07. The van der Waals surface area contributed by atoms with Crippen LogP contribution in [0.4, 0.5) is 5.82 Å².